The molecule has 1 aromatic rings. The van der Waals surface area contributed by atoms with E-state index in [4.69, 9.17) is 9.47 Å². The molecule has 0 aliphatic rings. The Morgan fingerprint density at radius 2 is 1.71 bits per heavy atom. The summed E-state index contributed by atoms with van der Waals surface area (Å²) in [5.74, 6) is -0.947. The van der Waals surface area contributed by atoms with E-state index in [0.29, 0.717) is 17.9 Å². The molecule has 1 unspecified atom stereocenters. The summed E-state index contributed by atoms with van der Waals surface area (Å²) < 4.78 is 10.5. The van der Waals surface area contributed by atoms with Crippen LogP contribution in [0.15, 0.2) is 24.3 Å². The number of ketones is 1. The minimum absolute atomic E-state index is 0.0423. The number of ether oxygens (including phenoxy) is 2. The standard InChI is InChI=1S/C20H28N2O6/c1-4-5-6-13-27-16-9-7-15(8-10-16)17(23)11-12-18(24)28-14(2)19(25)22-20(26)21-3/h7-10,14H,4-6,11-13H2,1-3H3,(H2,21,22,25,26). The number of Topliss-reactive ketones (excluding diaryl/α,β-unsaturated/α-hetero) is 1. The SMILES string of the molecule is CCCCCOc1ccc(C(=O)CCC(=O)OC(C)C(=O)NC(=O)NC)cc1. The van der Waals surface area contributed by atoms with Gasteiger partial charge in [0.25, 0.3) is 5.91 Å². The molecule has 0 saturated heterocycles. The topological polar surface area (TPSA) is 111 Å². The highest BCUT2D eigenvalue weighted by Crippen LogP contribution is 2.15. The third-order valence-corrected chi connectivity index (χ3v) is 3.89. The van der Waals surface area contributed by atoms with Crippen molar-refractivity contribution in [3.05, 3.63) is 29.8 Å². The molecule has 0 spiro atoms. The molecule has 0 aliphatic carbocycles. The van der Waals surface area contributed by atoms with E-state index in [2.05, 4.69) is 12.2 Å². The van der Waals surface area contributed by atoms with E-state index in [1.165, 1.54) is 14.0 Å². The molecule has 0 aliphatic heterocycles. The van der Waals surface area contributed by atoms with Gasteiger partial charge < -0.3 is 14.8 Å². The predicted molar refractivity (Wildman–Crippen MR) is 103 cm³/mol. The molecule has 1 atom stereocenters. The normalized spacial score (nSPS) is 11.2. The van der Waals surface area contributed by atoms with Gasteiger partial charge in [0, 0.05) is 19.0 Å². The average molecular weight is 392 g/mol. The largest absolute Gasteiger partial charge is 0.494 e. The van der Waals surface area contributed by atoms with Crippen molar-refractivity contribution >= 4 is 23.7 Å². The van der Waals surface area contributed by atoms with E-state index in [1.54, 1.807) is 24.3 Å². The summed E-state index contributed by atoms with van der Waals surface area (Å²) in [7, 11) is 1.36. The first-order valence-corrected chi connectivity index (χ1v) is 9.35. The Labute approximate surface area is 165 Å². The van der Waals surface area contributed by atoms with Gasteiger partial charge in [-0.3, -0.25) is 19.7 Å². The van der Waals surface area contributed by atoms with Crippen molar-refractivity contribution in [2.45, 2.75) is 52.1 Å². The first kappa shape index (κ1) is 23.1. The molecule has 2 N–H and O–H groups in total. The molecule has 3 amide bonds. The van der Waals surface area contributed by atoms with Gasteiger partial charge in [0.15, 0.2) is 11.9 Å². The fraction of sp³-hybridized carbons (Fsp3) is 0.500. The van der Waals surface area contributed by atoms with Gasteiger partial charge in [-0.25, -0.2) is 4.79 Å². The first-order valence-electron chi connectivity index (χ1n) is 9.35. The van der Waals surface area contributed by atoms with Crippen LogP contribution in [0.1, 0.15) is 56.3 Å². The lowest BCUT2D eigenvalue weighted by Gasteiger charge is -2.12. The number of imide groups is 1. The lowest BCUT2D eigenvalue weighted by molar-refractivity contribution is -0.154. The lowest BCUT2D eigenvalue weighted by Crippen LogP contribution is -2.43. The number of hydrogen-bond donors (Lipinski definition) is 2. The Bertz CT molecular complexity index is 672. The molecule has 8 nitrogen and oxygen atoms in total. The van der Waals surface area contributed by atoms with Gasteiger partial charge in [0.2, 0.25) is 0 Å². The van der Waals surface area contributed by atoms with Gasteiger partial charge in [-0.1, -0.05) is 19.8 Å². The highest BCUT2D eigenvalue weighted by atomic mass is 16.5. The molecule has 0 fully saturated rings. The molecule has 28 heavy (non-hydrogen) atoms. The van der Waals surface area contributed by atoms with Crippen LogP contribution in [0.5, 0.6) is 5.75 Å². The first-order chi connectivity index (χ1) is 13.4. The number of hydrogen-bond acceptors (Lipinski definition) is 6. The van der Waals surface area contributed by atoms with Crippen molar-refractivity contribution in [1.82, 2.24) is 10.6 Å². The summed E-state index contributed by atoms with van der Waals surface area (Å²) in [4.78, 5) is 46.7. The number of amides is 3. The van der Waals surface area contributed by atoms with E-state index in [0.717, 1.165) is 19.3 Å². The second kappa shape index (κ2) is 12.5. The molecular formula is C20H28N2O6. The van der Waals surface area contributed by atoms with Crippen molar-refractivity contribution in [2.24, 2.45) is 0 Å². The maximum atomic E-state index is 12.2. The third-order valence-electron chi connectivity index (χ3n) is 3.89. The zero-order valence-electron chi connectivity index (χ0n) is 16.6. The zero-order valence-corrected chi connectivity index (χ0v) is 16.6. The molecule has 1 rings (SSSR count). The number of unbranched alkanes of at least 4 members (excludes halogenated alkanes) is 2. The Kier molecular flexibility index (Phi) is 10.3. The predicted octanol–water partition coefficient (Wildman–Crippen LogP) is 2.61. The fourth-order valence-corrected chi connectivity index (χ4v) is 2.22. The van der Waals surface area contributed by atoms with E-state index < -0.39 is 24.0 Å². The third kappa shape index (κ3) is 8.66. The number of nitrogens with one attached hydrogen (secondary N) is 2. The minimum atomic E-state index is -1.14. The maximum absolute atomic E-state index is 12.2. The van der Waals surface area contributed by atoms with E-state index in [9.17, 15) is 19.2 Å². The van der Waals surface area contributed by atoms with Crippen LogP contribution in [0, 0.1) is 0 Å². The van der Waals surface area contributed by atoms with Gasteiger partial charge in [-0.05, 0) is 37.6 Å². The quantitative estimate of drug-likeness (QED) is 0.340. The van der Waals surface area contributed by atoms with Crippen molar-refractivity contribution < 1.29 is 28.7 Å². The van der Waals surface area contributed by atoms with Crippen LogP contribution in [-0.4, -0.2) is 43.4 Å². The van der Waals surface area contributed by atoms with Crippen LogP contribution < -0.4 is 15.4 Å². The summed E-state index contributed by atoms with van der Waals surface area (Å²) in [5.41, 5.74) is 0.471. The highest BCUT2D eigenvalue weighted by Gasteiger charge is 2.20. The van der Waals surface area contributed by atoms with Gasteiger partial charge in [-0.2, -0.15) is 0 Å². The number of urea groups is 1. The summed E-state index contributed by atoms with van der Waals surface area (Å²) in [6.45, 7) is 4.10. The Hall–Kier alpha value is -2.90. The van der Waals surface area contributed by atoms with Crippen molar-refractivity contribution in [3.63, 3.8) is 0 Å². The summed E-state index contributed by atoms with van der Waals surface area (Å²) in [6, 6.07) is 6.07. The van der Waals surface area contributed by atoms with Crippen LogP contribution in [-0.2, 0) is 14.3 Å². The number of carbonyl (C=O) groups is 4. The zero-order chi connectivity index (χ0) is 20.9. The van der Waals surface area contributed by atoms with E-state index in [1.807, 2.05) is 5.32 Å². The molecule has 154 valence electrons. The van der Waals surface area contributed by atoms with E-state index in [-0.39, 0.29) is 18.6 Å². The number of rotatable bonds is 11. The average Bonchev–Trinajstić information content (AvgIpc) is 2.69. The van der Waals surface area contributed by atoms with Crippen LogP contribution in [0.2, 0.25) is 0 Å². The van der Waals surface area contributed by atoms with Crippen molar-refractivity contribution in [1.29, 1.82) is 0 Å². The molecule has 1 aromatic carbocycles. The van der Waals surface area contributed by atoms with Crippen molar-refractivity contribution in [2.75, 3.05) is 13.7 Å². The Morgan fingerprint density at radius 3 is 2.32 bits per heavy atom. The highest BCUT2D eigenvalue weighted by molar-refractivity contribution is 5.98. The van der Waals surface area contributed by atoms with E-state index >= 15 is 0 Å². The van der Waals surface area contributed by atoms with Crippen LogP contribution >= 0.6 is 0 Å². The molecule has 0 bridgehead atoms. The van der Waals surface area contributed by atoms with Crippen LogP contribution in [0.25, 0.3) is 0 Å². The van der Waals surface area contributed by atoms with Gasteiger partial charge >= 0.3 is 12.0 Å². The second-order valence-corrected chi connectivity index (χ2v) is 6.20. The monoisotopic (exact) mass is 392 g/mol. The number of benzene rings is 1. The minimum Gasteiger partial charge on any atom is -0.494 e. The summed E-state index contributed by atoms with van der Waals surface area (Å²) in [5, 5.41) is 4.23. The Morgan fingerprint density at radius 1 is 1.04 bits per heavy atom. The summed E-state index contributed by atoms with van der Waals surface area (Å²) in [6.07, 6.45) is 1.88. The smallest absolute Gasteiger partial charge is 0.321 e. The Balaban J connectivity index is 2.39. The molecule has 8 heteroatoms. The van der Waals surface area contributed by atoms with Gasteiger partial charge in [-0.15, -0.1) is 0 Å². The fourth-order valence-electron chi connectivity index (χ4n) is 2.22. The second-order valence-electron chi connectivity index (χ2n) is 6.20. The number of esters is 1. The van der Waals surface area contributed by atoms with Crippen molar-refractivity contribution in [3.8, 4) is 5.75 Å². The molecule has 0 saturated carbocycles. The van der Waals surface area contributed by atoms with Gasteiger partial charge in [0.05, 0.1) is 13.0 Å². The van der Waals surface area contributed by atoms with Gasteiger partial charge in [0.1, 0.15) is 5.75 Å². The number of carbonyl (C=O) groups excluding carboxylic acids is 4. The summed E-state index contributed by atoms with van der Waals surface area (Å²) >= 11 is 0. The van der Waals surface area contributed by atoms with Crippen LogP contribution in [0.4, 0.5) is 4.79 Å². The molecule has 0 radical (unpaired) electrons. The molecular weight excluding hydrogens is 364 g/mol. The van der Waals surface area contributed by atoms with Crippen LogP contribution in [0.3, 0.4) is 0 Å². The maximum Gasteiger partial charge on any atom is 0.321 e. The molecule has 0 heterocycles. The lowest BCUT2D eigenvalue weighted by atomic mass is 10.1. The molecule has 0 aromatic heterocycles.